The molecular formula is C27H30F2N6O. The Hall–Kier alpha value is -3.62. The third kappa shape index (κ3) is 3.51. The number of aryl methyl sites for hydroxylation is 4. The molecule has 0 aliphatic carbocycles. The molecule has 0 radical (unpaired) electrons. The predicted molar refractivity (Wildman–Crippen MR) is 139 cm³/mol. The zero-order valence-electron chi connectivity index (χ0n) is 20.8. The summed E-state index contributed by atoms with van der Waals surface area (Å²) in [7, 11) is 5.40. The highest BCUT2D eigenvalue weighted by molar-refractivity contribution is 5.94. The molecule has 36 heavy (non-hydrogen) atoms. The fourth-order valence-electron chi connectivity index (χ4n) is 5.88. The number of nitrogens with zero attached hydrogens (tertiary/aromatic N) is 6. The number of fused-ring (bicyclic) bond motifs is 2. The predicted octanol–water partition coefficient (Wildman–Crippen LogP) is 4.90. The summed E-state index contributed by atoms with van der Waals surface area (Å²) in [6.07, 6.45) is 4.79. The lowest BCUT2D eigenvalue weighted by molar-refractivity contribution is 0.152. The van der Waals surface area contributed by atoms with Crippen LogP contribution in [0.2, 0.25) is 0 Å². The van der Waals surface area contributed by atoms with Gasteiger partial charge in [0.15, 0.2) is 0 Å². The van der Waals surface area contributed by atoms with Gasteiger partial charge >= 0.3 is 5.69 Å². The topological polar surface area (TPSA) is 51.2 Å². The Morgan fingerprint density at radius 1 is 0.917 bits per heavy atom. The Morgan fingerprint density at radius 3 is 2.39 bits per heavy atom. The van der Waals surface area contributed by atoms with E-state index in [0.717, 1.165) is 79.0 Å². The van der Waals surface area contributed by atoms with Crippen LogP contribution in [0.4, 0.5) is 25.8 Å². The number of imidazole rings is 1. The number of hydrogen-bond acceptors (Lipinski definition) is 4. The summed E-state index contributed by atoms with van der Waals surface area (Å²) in [5.74, 6) is 0. The molecule has 4 aromatic rings. The minimum absolute atomic E-state index is 0.0154. The summed E-state index contributed by atoms with van der Waals surface area (Å²) < 4.78 is 33.6. The Morgan fingerprint density at radius 2 is 1.69 bits per heavy atom. The van der Waals surface area contributed by atoms with Crippen LogP contribution in [0.25, 0.3) is 22.2 Å². The molecule has 0 saturated carbocycles. The SMILES string of the molecule is Cn1cc(-c2cc3c(cc2C(F)F)N(c2cc(N4CCCC4)c4c(c2)n(C)c(=O)n4C)CCC3)cn1. The molecule has 1 fully saturated rings. The summed E-state index contributed by atoms with van der Waals surface area (Å²) in [4.78, 5) is 17.3. The highest BCUT2D eigenvalue weighted by Gasteiger charge is 2.27. The number of benzene rings is 2. The van der Waals surface area contributed by atoms with Crippen LogP contribution in [0.1, 0.15) is 36.8 Å². The molecular weight excluding hydrogens is 462 g/mol. The molecule has 2 aromatic heterocycles. The van der Waals surface area contributed by atoms with E-state index < -0.39 is 6.43 Å². The minimum Gasteiger partial charge on any atom is -0.370 e. The highest BCUT2D eigenvalue weighted by atomic mass is 19.3. The van der Waals surface area contributed by atoms with Gasteiger partial charge in [0.25, 0.3) is 6.43 Å². The van der Waals surface area contributed by atoms with Crippen LogP contribution in [0.3, 0.4) is 0 Å². The molecule has 0 atom stereocenters. The average molecular weight is 493 g/mol. The second-order valence-corrected chi connectivity index (χ2v) is 9.95. The molecule has 1 saturated heterocycles. The van der Waals surface area contributed by atoms with E-state index in [9.17, 15) is 13.6 Å². The lowest BCUT2D eigenvalue weighted by Gasteiger charge is -2.33. The van der Waals surface area contributed by atoms with Gasteiger partial charge in [-0.15, -0.1) is 0 Å². The van der Waals surface area contributed by atoms with Gasteiger partial charge in [-0.2, -0.15) is 5.10 Å². The van der Waals surface area contributed by atoms with E-state index in [1.807, 2.05) is 19.2 Å². The molecule has 2 aromatic carbocycles. The first kappa shape index (κ1) is 22.8. The summed E-state index contributed by atoms with van der Waals surface area (Å²) in [6, 6.07) is 7.74. The first-order valence-corrected chi connectivity index (χ1v) is 12.5. The van der Waals surface area contributed by atoms with Gasteiger partial charge in [-0.25, -0.2) is 13.6 Å². The van der Waals surface area contributed by atoms with E-state index in [1.54, 1.807) is 46.4 Å². The fraction of sp³-hybridized carbons (Fsp3) is 0.407. The maximum absolute atomic E-state index is 14.3. The number of halogens is 2. The highest BCUT2D eigenvalue weighted by Crippen LogP contribution is 2.43. The van der Waals surface area contributed by atoms with Crippen molar-refractivity contribution in [3.05, 3.63) is 58.3 Å². The molecule has 2 aliphatic heterocycles. The average Bonchev–Trinajstić information content (AvgIpc) is 3.61. The molecule has 0 N–H and O–H groups in total. The number of hydrogen-bond donors (Lipinski definition) is 0. The number of rotatable bonds is 4. The largest absolute Gasteiger partial charge is 0.370 e. The van der Waals surface area contributed by atoms with E-state index in [1.165, 1.54) is 0 Å². The monoisotopic (exact) mass is 492 g/mol. The van der Waals surface area contributed by atoms with Gasteiger partial charge in [0.05, 0.1) is 22.9 Å². The van der Waals surface area contributed by atoms with E-state index in [2.05, 4.69) is 21.0 Å². The fourth-order valence-corrected chi connectivity index (χ4v) is 5.88. The lowest BCUT2D eigenvalue weighted by atomic mass is 9.92. The standard InChI is InChI=1S/C27H30F2N6O/c1-31-16-18(15-30-31)20-11-17-7-6-10-35(22(17)14-21(20)26(28)29)19-12-23-25(33(3)27(36)32(23)2)24(13-19)34-8-4-5-9-34/h11-16,26H,4-10H2,1-3H3. The maximum Gasteiger partial charge on any atom is 0.328 e. The number of anilines is 3. The summed E-state index contributed by atoms with van der Waals surface area (Å²) >= 11 is 0. The molecule has 2 aliphatic rings. The van der Waals surface area contributed by atoms with Crippen LogP contribution < -0.4 is 15.5 Å². The molecule has 0 spiro atoms. The van der Waals surface area contributed by atoms with E-state index >= 15 is 0 Å². The molecule has 6 rings (SSSR count). The van der Waals surface area contributed by atoms with Crippen LogP contribution in [0.5, 0.6) is 0 Å². The second kappa shape index (κ2) is 8.50. The van der Waals surface area contributed by atoms with Crippen molar-refractivity contribution in [2.75, 3.05) is 29.4 Å². The third-order valence-electron chi connectivity index (χ3n) is 7.70. The number of aromatic nitrogens is 4. The quantitative estimate of drug-likeness (QED) is 0.407. The van der Waals surface area contributed by atoms with Crippen molar-refractivity contribution in [2.24, 2.45) is 21.1 Å². The Bertz CT molecular complexity index is 1530. The first-order valence-electron chi connectivity index (χ1n) is 12.5. The summed E-state index contributed by atoms with van der Waals surface area (Å²) in [6.45, 7) is 2.62. The normalized spacial score (nSPS) is 15.9. The maximum atomic E-state index is 14.3. The molecule has 0 unspecified atom stereocenters. The van der Waals surface area contributed by atoms with E-state index in [0.29, 0.717) is 11.1 Å². The van der Waals surface area contributed by atoms with Crippen molar-refractivity contribution >= 4 is 28.1 Å². The Kier molecular flexibility index (Phi) is 5.39. The van der Waals surface area contributed by atoms with Gasteiger partial charge < -0.3 is 9.80 Å². The van der Waals surface area contributed by atoms with Gasteiger partial charge in [0.1, 0.15) is 0 Å². The lowest BCUT2D eigenvalue weighted by Crippen LogP contribution is -2.26. The van der Waals surface area contributed by atoms with E-state index in [-0.39, 0.29) is 11.3 Å². The minimum atomic E-state index is -2.60. The summed E-state index contributed by atoms with van der Waals surface area (Å²) in [5.41, 5.74) is 6.80. The van der Waals surface area contributed by atoms with Crippen molar-refractivity contribution in [1.29, 1.82) is 0 Å². The molecule has 188 valence electrons. The Balaban J connectivity index is 1.54. The van der Waals surface area contributed by atoms with Crippen molar-refractivity contribution in [3.63, 3.8) is 0 Å². The molecule has 0 amide bonds. The van der Waals surface area contributed by atoms with Crippen molar-refractivity contribution in [2.45, 2.75) is 32.1 Å². The molecule has 7 nitrogen and oxygen atoms in total. The zero-order chi connectivity index (χ0) is 25.1. The van der Waals surface area contributed by atoms with Crippen molar-refractivity contribution < 1.29 is 8.78 Å². The van der Waals surface area contributed by atoms with E-state index in [4.69, 9.17) is 0 Å². The van der Waals surface area contributed by atoms with Crippen LogP contribution in [0, 0.1) is 0 Å². The van der Waals surface area contributed by atoms with Gasteiger partial charge in [-0.1, -0.05) is 0 Å². The second-order valence-electron chi connectivity index (χ2n) is 9.95. The molecule has 9 heteroatoms. The van der Waals surface area contributed by atoms with Crippen LogP contribution >= 0.6 is 0 Å². The Labute approximate surface area is 208 Å². The van der Waals surface area contributed by atoms with Crippen LogP contribution in [0.15, 0.2) is 41.5 Å². The third-order valence-corrected chi connectivity index (χ3v) is 7.70. The smallest absolute Gasteiger partial charge is 0.328 e. The van der Waals surface area contributed by atoms with Gasteiger partial charge in [-0.05, 0) is 61.1 Å². The zero-order valence-corrected chi connectivity index (χ0v) is 20.8. The van der Waals surface area contributed by atoms with Crippen molar-refractivity contribution in [3.8, 4) is 11.1 Å². The molecule has 4 heterocycles. The van der Waals surface area contributed by atoms with Crippen LogP contribution in [-0.2, 0) is 27.6 Å². The molecule has 0 bridgehead atoms. The van der Waals surface area contributed by atoms with Gasteiger partial charge in [-0.3, -0.25) is 13.8 Å². The van der Waals surface area contributed by atoms with Gasteiger partial charge in [0.2, 0.25) is 0 Å². The summed E-state index contributed by atoms with van der Waals surface area (Å²) in [5, 5.41) is 4.19. The number of alkyl halides is 2. The van der Waals surface area contributed by atoms with Crippen LogP contribution in [-0.4, -0.2) is 38.5 Å². The van der Waals surface area contributed by atoms with Crippen molar-refractivity contribution in [1.82, 2.24) is 18.9 Å². The first-order chi connectivity index (χ1) is 17.3. The van der Waals surface area contributed by atoms with Gasteiger partial charge in [0, 0.05) is 69.5 Å².